The Balaban J connectivity index is 2.90. The van der Waals surface area contributed by atoms with Gasteiger partial charge in [-0.05, 0) is 44.3 Å². The summed E-state index contributed by atoms with van der Waals surface area (Å²) in [5.74, 6) is 0.706. The van der Waals surface area contributed by atoms with E-state index in [0.717, 1.165) is 5.56 Å². The third-order valence-electron chi connectivity index (χ3n) is 1.71. The van der Waals surface area contributed by atoms with Gasteiger partial charge in [0, 0.05) is 10.6 Å². The van der Waals surface area contributed by atoms with Gasteiger partial charge < -0.3 is 10.5 Å². The fourth-order valence-electron chi connectivity index (χ4n) is 1.15. The molecule has 0 heterocycles. The number of nitrogens with two attached hydrogens (primary N) is 1. The molecule has 4 nitrogen and oxygen atoms in total. The summed E-state index contributed by atoms with van der Waals surface area (Å²) in [4.78, 5) is 0. The average molecular weight is 272 g/mol. The topological polar surface area (TPSA) is 59.6 Å². The van der Waals surface area contributed by atoms with E-state index in [0.29, 0.717) is 10.8 Å². The number of nitrogens with one attached hydrogen (secondary N) is 1. The van der Waals surface area contributed by atoms with Crippen molar-refractivity contribution in [1.82, 2.24) is 5.43 Å². The molecule has 1 aromatic rings. The fourth-order valence-corrected chi connectivity index (χ4v) is 1.38. The Morgan fingerprint density at radius 1 is 1.59 bits per heavy atom. The zero-order valence-electron chi connectivity index (χ0n) is 9.61. The second-order valence-corrected chi connectivity index (χ2v) is 4.46. The highest BCUT2D eigenvalue weighted by molar-refractivity contribution is 7.80. The van der Waals surface area contributed by atoms with Crippen molar-refractivity contribution in [3.05, 3.63) is 28.8 Å². The molecule has 17 heavy (non-hydrogen) atoms. The predicted octanol–water partition coefficient (Wildman–Crippen LogP) is 2.29. The number of nitrogens with zero attached hydrogens (tertiary/aromatic N) is 1. The van der Waals surface area contributed by atoms with Crippen LogP contribution in [-0.2, 0) is 0 Å². The molecule has 0 aliphatic heterocycles. The number of thiocarbonyl (C=S) groups is 1. The first kappa shape index (κ1) is 13.7. The summed E-state index contributed by atoms with van der Waals surface area (Å²) in [5.41, 5.74) is 8.49. The van der Waals surface area contributed by atoms with E-state index in [2.05, 4.69) is 22.7 Å². The van der Waals surface area contributed by atoms with E-state index in [1.807, 2.05) is 13.8 Å². The van der Waals surface area contributed by atoms with Gasteiger partial charge in [-0.25, -0.2) is 0 Å². The monoisotopic (exact) mass is 271 g/mol. The summed E-state index contributed by atoms with van der Waals surface area (Å²) >= 11 is 10.5. The molecule has 0 atom stereocenters. The number of halogens is 1. The molecule has 0 unspecified atom stereocenters. The van der Waals surface area contributed by atoms with Crippen LogP contribution in [-0.4, -0.2) is 17.4 Å². The molecule has 0 amide bonds. The summed E-state index contributed by atoms with van der Waals surface area (Å²) in [6, 6.07) is 5.31. The van der Waals surface area contributed by atoms with E-state index < -0.39 is 0 Å². The standard InChI is InChI=1S/C11H14ClN3OS/c1-7(2)16-10-4-3-9(12)5-8(10)6-14-15-11(13)17/h3-7H,1-2H3,(H3,13,15,17). The van der Waals surface area contributed by atoms with Crippen molar-refractivity contribution in [3.63, 3.8) is 0 Å². The second kappa shape index (κ2) is 6.42. The van der Waals surface area contributed by atoms with Gasteiger partial charge in [-0.15, -0.1) is 0 Å². The molecular formula is C11H14ClN3OS. The molecule has 0 saturated heterocycles. The summed E-state index contributed by atoms with van der Waals surface area (Å²) < 4.78 is 5.62. The molecular weight excluding hydrogens is 258 g/mol. The van der Waals surface area contributed by atoms with Gasteiger partial charge in [0.2, 0.25) is 0 Å². The lowest BCUT2D eigenvalue weighted by molar-refractivity contribution is 0.242. The van der Waals surface area contributed by atoms with Crippen molar-refractivity contribution in [2.24, 2.45) is 10.8 Å². The SMILES string of the molecule is CC(C)Oc1ccc(Cl)cc1C=NNC(N)=S. The van der Waals surface area contributed by atoms with Gasteiger partial charge in [0.15, 0.2) is 5.11 Å². The maximum Gasteiger partial charge on any atom is 0.184 e. The highest BCUT2D eigenvalue weighted by Gasteiger charge is 2.04. The van der Waals surface area contributed by atoms with Crippen LogP contribution < -0.4 is 15.9 Å². The minimum absolute atomic E-state index is 0.0758. The van der Waals surface area contributed by atoms with Gasteiger partial charge in [0.05, 0.1) is 12.3 Å². The van der Waals surface area contributed by atoms with Crippen LogP contribution in [0.1, 0.15) is 19.4 Å². The summed E-state index contributed by atoms with van der Waals surface area (Å²) in [6.45, 7) is 3.89. The minimum atomic E-state index is 0.0758. The summed E-state index contributed by atoms with van der Waals surface area (Å²) in [5, 5.41) is 4.59. The van der Waals surface area contributed by atoms with E-state index in [4.69, 9.17) is 22.1 Å². The van der Waals surface area contributed by atoms with Crippen LogP contribution in [0, 0.1) is 0 Å². The lowest BCUT2D eigenvalue weighted by Gasteiger charge is -2.12. The molecule has 1 aromatic carbocycles. The van der Waals surface area contributed by atoms with Crippen molar-refractivity contribution < 1.29 is 4.74 Å². The second-order valence-electron chi connectivity index (χ2n) is 3.58. The van der Waals surface area contributed by atoms with Gasteiger partial charge in [-0.1, -0.05) is 11.6 Å². The van der Waals surface area contributed by atoms with Gasteiger partial charge in [0.25, 0.3) is 0 Å². The maximum absolute atomic E-state index is 5.91. The zero-order chi connectivity index (χ0) is 12.8. The third-order valence-corrected chi connectivity index (χ3v) is 2.04. The maximum atomic E-state index is 5.91. The Morgan fingerprint density at radius 2 is 2.29 bits per heavy atom. The molecule has 0 bridgehead atoms. The Bertz CT molecular complexity index is 435. The number of hydrogen-bond acceptors (Lipinski definition) is 3. The van der Waals surface area contributed by atoms with E-state index in [9.17, 15) is 0 Å². The third kappa shape index (κ3) is 5.01. The Hall–Kier alpha value is -1.33. The highest BCUT2D eigenvalue weighted by Crippen LogP contribution is 2.22. The van der Waals surface area contributed by atoms with Crippen molar-refractivity contribution in [3.8, 4) is 5.75 Å². The van der Waals surface area contributed by atoms with Gasteiger partial charge in [0.1, 0.15) is 5.75 Å². The number of ether oxygens (including phenoxy) is 1. The molecule has 0 aliphatic rings. The molecule has 0 radical (unpaired) electrons. The molecule has 92 valence electrons. The van der Waals surface area contributed by atoms with Crippen molar-refractivity contribution >= 4 is 35.1 Å². The van der Waals surface area contributed by atoms with E-state index in [1.165, 1.54) is 0 Å². The Labute approximate surface area is 111 Å². The van der Waals surface area contributed by atoms with E-state index in [1.54, 1.807) is 24.4 Å². The molecule has 0 aliphatic carbocycles. The number of rotatable bonds is 4. The van der Waals surface area contributed by atoms with Crippen molar-refractivity contribution in [2.75, 3.05) is 0 Å². The number of hydrogen-bond donors (Lipinski definition) is 2. The molecule has 0 aromatic heterocycles. The normalized spacial score (nSPS) is 10.8. The zero-order valence-corrected chi connectivity index (χ0v) is 11.2. The summed E-state index contributed by atoms with van der Waals surface area (Å²) in [6.07, 6.45) is 1.63. The van der Waals surface area contributed by atoms with Crippen LogP contribution in [0.25, 0.3) is 0 Å². The van der Waals surface area contributed by atoms with E-state index >= 15 is 0 Å². The van der Waals surface area contributed by atoms with Gasteiger partial charge in [-0.2, -0.15) is 5.10 Å². The molecule has 1 rings (SSSR count). The largest absolute Gasteiger partial charge is 0.490 e. The van der Waals surface area contributed by atoms with Crippen LogP contribution in [0.3, 0.4) is 0 Å². The average Bonchev–Trinajstić information content (AvgIpc) is 2.21. The van der Waals surface area contributed by atoms with Crippen LogP contribution in [0.4, 0.5) is 0 Å². The van der Waals surface area contributed by atoms with Crippen LogP contribution in [0.2, 0.25) is 5.02 Å². The van der Waals surface area contributed by atoms with Crippen LogP contribution >= 0.6 is 23.8 Å². The first-order chi connectivity index (χ1) is 7.99. The molecule has 3 N–H and O–H groups in total. The Kier molecular flexibility index (Phi) is 5.18. The summed E-state index contributed by atoms with van der Waals surface area (Å²) in [7, 11) is 0. The first-order valence-electron chi connectivity index (χ1n) is 5.03. The van der Waals surface area contributed by atoms with Gasteiger partial charge in [-0.3, -0.25) is 5.43 Å². The number of benzene rings is 1. The van der Waals surface area contributed by atoms with Crippen LogP contribution in [0.15, 0.2) is 23.3 Å². The Morgan fingerprint density at radius 3 is 2.88 bits per heavy atom. The number of hydrazone groups is 1. The fraction of sp³-hybridized carbons (Fsp3) is 0.273. The van der Waals surface area contributed by atoms with Gasteiger partial charge >= 0.3 is 0 Å². The quantitative estimate of drug-likeness (QED) is 0.501. The van der Waals surface area contributed by atoms with E-state index in [-0.39, 0.29) is 11.2 Å². The van der Waals surface area contributed by atoms with Crippen molar-refractivity contribution in [2.45, 2.75) is 20.0 Å². The molecule has 0 spiro atoms. The molecule has 0 saturated carbocycles. The van der Waals surface area contributed by atoms with Crippen molar-refractivity contribution in [1.29, 1.82) is 0 Å². The first-order valence-corrected chi connectivity index (χ1v) is 5.82. The lowest BCUT2D eigenvalue weighted by atomic mass is 10.2. The molecule has 0 fully saturated rings. The lowest BCUT2D eigenvalue weighted by Crippen LogP contribution is -2.24. The smallest absolute Gasteiger partial charge is 0.184 e. The predicted molar refractivity (Wildman–Crippen MR) is 74.7 cm³/mol. The van der Waals surface area contributed by atoms with Crippen LogP contribution in [0.5, 0.6) is 5.75 Å². The molecule has 6 heteroatoms. The highest BCUT2D eigenvalue weighted by atomic mass is 35.5. The minimum Gasteiger partial charge on any atom is -0.490 e.